The molecule has 330 valence electrons. The summed E-state index contributed by atoms with van der Waals surface area (Å²) >= 11 is 0. The largest absolute Gasteiger partial charge is 0.503 e. The van der Waals surface area contributed by atoms with Gasteiger partial charge in [0.25, 0.3) is 28.6 Å². The molecule has 63 heavy (non-hydrogen) atoms. The van der Waals surface area contributed by atoms with Crippen LogP contribution in [0.2, 0.25) is 0 Å². The first-order chi connectivity index (χ1) is 30.4. The van der Waals surface area contributed by atoms with E-state index in [9.17, 15) is 34.2 Å². The molecule has 9 rings (SSSR count). The van der Waals surface area contributed by atoms with Gasteiger partial charge in [0.2, 0.25) is 0 Å². The van der Waals surface area contributed by atoms with E-state index in [1.54, 1.807) is 35.1 Å². The molecule has 0 atom stereocenters. The van der Waals surface area contributed by atoms with Gasteiger partial charge in [-0.05, 0) is 62.4 Å². The van der Waals surface area contributed by atoms with Gasteiger partial charge in [0, 0.05) is 62.7 Å². The molecule has 0 aromatic carbocycles. The van der Waals surface area contributed by atoms with Gasteiger partial charge in [-0.1, -0.05) is 25.7 Å². The lowest BCUT2D eigenvalue weighted by atomic mass is 9.97. The fourth-order valence-electron chi connectivity index (χ4n) is 9.47. The molecule has 0 spiro atoms. The number of morpholine rings is 1. The number of carbonyl (C=O) groups is 3. The van der Waals surface area contributed by atoms with Crippen molar-refractivity contribution in [2.45, 2.75) is 82.5 Å². The number of pyridine rings is 2. The maximum atomic E-state index is 13.0. The monoisotopic (exact) mass is 861 g/mol. The van der Waals surface area contributed by atoms with E-state index in [0.717, 1.165) is 73.3 Å². The van der Waals surface area contributed by atoms with Crippen molar-refractivity contribution in [3.63, 3.8) is 0 Å². The Morgan fingerprint density at radius 3 is 1.75 bits per heavy atom. The molecule has 1 saturated heterocycles. The maximum absolute atomic E-state index is 13.0. The van der Waals surface area contributed by atoms with E-state index in [-0.39, 0.29) is 22.8 Å². The number of hydrogen-bond acceptors (Lipinski definition) is 12. The van der Waals surface area contributed by atoms with Crippen LogP contribution in [0.5, 0.6) is 11.5 Å². The summed E-state index contributed by atoms with van der Waals surface area (Å²) in [6.07, 6.45) is 17.5. The molecule has 19 heteroatoms. The predicted molar refractivity (Wildman–Crippen MR) is 231 cm³/mol. The van der Waals surface area contributed by atoms with Gasteiger partial charge in [0.05, 0.1) is 55.3 Å². The fourth-order valence-corrected chi connectivity index (χ4v) is 9.47. The van der Waals surface area contributed by atoms with Crippen molar-refractivity contribution in [1.82, 2.24) is 54.2 Å². The maximum Gasteiger partial charge on any atom is 0.278 e. The van der Waals surface area contributed by atoms with E-state index in [1.807, 2.05) is 22.9 Å². The smallest absolute Gasteiger partial charge is 0.278 e. The normalized spacial score (nSPS) is 16.8. The molecule has 2 aliphatic carbocycles. The topological polar surface area (TPSA) is 234 Å². The summed E-state index contributed by atoms with van der Waals surface area (Å²) < 4.78 is 12.5. The van der Waals surface area contributed by atoms with Gasteiger partial charge >= 0.3 is 0 Å². The van der Waals surface area contributed by atoms with Gasteiger partial charge in [-0.3, -0.25) is 33.3 Å². The fraction of sp³-hybridized carbons (Fsp3) is 0.432. The summed E-state index contributed by atoms with van der Waals surface area (Å²) in [6, 6.07) is 7.65. The zero-order valence-corrected chi connectivity index (χ0v) is 35.5. The van der Waals surface area contributed by atoms with E-state index in [2.05, 4.69) is 54.6 Å². The third-order valence-electron chi connectivity index (χ3n) is 12.6. The Kier molecular flexibility index (Phi) is 11.9. The predicted octanol–water partition coefficient (Wildman–Crippen LogP) is 3.04. The molecule has 3 amide bonds. The van der Waals surface area contributed by atoms with E-state index in [4.69, 9.17) is 4.74 Å². The summed E-state index contributed by atoms with van der Waals surface area (Å²) in [6.45, 7) is 4.47. The molecular formula is C44H51N11O8. The number of rotatable bonds is 9. The van der Waals surface area contributed by atoms with Crippen molar-refractivity contribution >= 4 is 39.8 Å². The lowest BCUT2D eigenvalue weighted by molar-refractivity contribution is 0.0295. The van der Waals surface area contributed by atoms with Crippen LogP contribution in [0.3, 0.4) is 0 Å². The summed E-state index contributed by atoms with van der Waals surface area (Å²) in [5, 5.41) is 36.0. The Bertz CT molecular complexity index is 2820. The number of aromatic nitrogens is 8. The Morgan fingerprint density at radius 1 is 0.698 bits per heavy atom. The molecular weight excluding hydrogens is 811 g/mol. The van der Waals surface area contributed by atoms with Crippen LogP contribution in [0.4, 0.5) is 0 Å². The third kappa shape index (κ3) is 8.03. The van der Waals surface area contributed by atoms with Crippen LogP contribution in [0.25, 0.3) is 22.1 Å². The lowest BCUT2D eigenvalue weighted by Crippen LogP contribution is -2.43. The minimum atomic E-state index is -0.814. The molecule has 1 aliphatic heterocycles. The van der Waals surface area contributed by atoms with Crippen molar-refractivity contribution in [2.75, 3.05) is 40.4 Å². The summed E-state index contributed by atoms with van der Waals surface area (Å²) in [5.41, 5.74) is 0.345. The zero-order valence-electron chi connectivity index (χ0n) is 35.5. The molecule has 6 aromatic heterocycles. The highest BCUT2D eigenvalue weighted by atomic mass is 16.5. The number of aromatic hydroxyl groups is 2. The van der Waals surface area contributed by atoms with Crippen LogP contribution < -0.4 is 21.5 Å². The highest BCUT2D eigenvalue weighted by molar-refractivity contribution is 6.06. The van der Waals surface area contributed by atoms with Gasteiger partial charge in [0.1, 0.15) is 11.3 Å². The second kappa shape index (κ2) is 17.5. The zero-order chi connectivity index (χ0) is 44.5. The first kappa shape index (κ1) is 42.8. The Labute approximate surface area is 361 Å². The van der Waals surface area contributed by atoms with Crippen molar-refractivity contribution in [3.05, 3.63) is 104 Å². The quantitative estimate of drug-likeness (QED) is 0.164. The second-order valence-corrected chi connectivity index (χ2v) is 16.5. The van der Waals surface area contributed by atoms with Crippen LogP contribution in [-0.2, 0) is 28.9 Å². The average molecular weight is 862 g/mol. The van der Waals surface area contributed by atoms with Crippen molar-refractivity contribution < 1.29 is 29.3 Å². The summed E-state index contributed by atoms with van der Waals surface area (Å²) in [7, 11) is 2.98. The van der Waals surface area contributed by atoms with Gasteiger partial charge in [0.15, 0.2) is 22.9 Å². The van der Waals surface area contributed by atoms with Crippen LogP contribution >= 0.6 is 0 Å². The van der Waals surface area contributed by atoms with Gasteiger partial charge in [-0.15, -0.1) is 0 Å². The SMILES string of the molecule is CNC(=O)c1nn(CC2(n3cc(C(=O)NC)c4cccnc43)CCCC2)cc(O)c1=O.Cc1cn(C2(Cn3cc(O)c(=O)c(C(=O)N4CCOCC4)n3)CCCC2)c2ncccc12. The molecule has 6 aromatic rings. The molecule has 19 nitrogen and oxygen atoms in total. The third-order valence-corrected chi connectivity index (χ3v) is 12.6. The molecule has 2 saturated carbocycles. The van der Waals surface area contributed by atoms with E-state index in [1.165, 1.54) is 24.1 Å². The minimum Gasteiger partial charge on any atom is -0.503 e. The van der Waals surface area contributed by atoms with Crippen LogP contribution in [0.15, 0.2) is 71.0 Å². The summed E-state index contributed by atoms with van der Waals surface area (Å²) in [4.78, 5) is 72.9. The van der Waals surface area contributed by atoms with Gasteiger partial charge in [-0.25, -0.2) is 9.97 Å². The second-order valence-electron chi connectivity index (χ2n) is 16.5. The van der Waals surface area contributed by atoms with E-state index >= 15 is 0 Å². The highest BCUT2D eigenvalue weighted by Gasteiger charge is 2.40. The highest BCUT2D eigenvalue weighted by Crippen LogP contribution is 2.42. The van der Waals surface area contributed by atoms with Crippen LogP contribution in [0.1, 0.15) is 88.3 Å². The number of nitrogens with zero attached hydrogens (tertiary/aromatic N) is 9. The molecule has 7 heterocycles. The molecule has 3 aliphatic rings. The molecule has 4 N–H and O–H groups in total. The standard InChI is InChI=1S/C23H27N5O4.C21H24N6O4/c1-16-13-28(21-17(16)5-4-8-24-21)23(6-2-3-7-23)15-27-14-18(29)20(30)19(25-27)22(31)26-9-11-32-12-10-26;1-22-19(30)14-10-27(18-13(14)6-5-9-24-18)21(7-3-4-8-21)12-26-11-15(28)17(29)16(25-26)20(31)23-2/h4-5,8,13-14,29H,2-3,6-7,9-12,15H2,1H3;5-6,9-11,28H,3-4,7-8,12H2,1-2H3,(H,22,30)(H,23,31). The Hall–Kier alpha value is -6.89. The number of amides is 3. The number of aryl methyl sites for hydroxylation is 1. The summed E-state index contributed by atoms with van der Waals surface area (Å²) in [5.74, 6) is -2.33. The molecule has 3 fully saturated rings. The van der Waals surface area contributed by atoms with Crippen molar-refractivity contribution in [3.8, 4) is 11.5 Å². The van der Waals surface area contributed by atoms with Crippen LogP contribution in [0, 0.1) is 6.92 Å². The number of carbonyl (C=O) groups excluding carboxylic acids is 3. The number of fused-ring (bicyclic) bond motifs is 2. The van der Waals surface area contributed by atoms with Crippen molar-refractivity contribution in [1.29, 1.82) is 0 Å². The van der Waals surface area contributed by atoms with Gasteiger partial charge < -0.3 is 39.6 Å². The number of ether oxygens (including phenoxy) is 1. The first-order valence-corrected chi connectivity index (χ1v) is 21.2. The number of hydrogen-bond donors (Lipinski definition) is 4. The number of nitrogens with one attached hydrogen (secondary N) is 2. The average Bonchev–Trinajstić information content (AvgIpc) is 4.13. The van der Waals surface area contributed by atoms with E-state index in [0.29, 0.717) is 50.6 Å². The lowest BCUT2D eigenvalue weighted by Gasteiger charge is -2.32. The first-order valence-electron chi connectivity index (χ1n) is 21.2. The minimum absolute atomic E-state index is 0.203. The van der Waals surface area contributed by atoms with Gasteiger partial charge in [-0.2, -0.15) is 10.2 Å². The van der Waals surface area contributed by atoms with Crippen LogP contribution in [-0.4, -0.2) is 112 Å². The molecule has 0 unspecified atom stereocenters. The molecule has 0 radical (unpaired) electrons. The Balaban J connectivity index is 0.000000173. The van der Waals surface area contributed by atoms with E-state index < -0.39 is 39.7 Å². The van der Waals surface area contributed by atoms with Crippen molar-refractivity contribution in [2.24, 2.45) is 0 Å². The Morgan fingerprint density at radius 2 is 1.19 bits per heavy atom. The molecule has 0 bridgehead atoms.